The van der Waals surface area contributed by atoms with Crippen molar-refractivity contribution >= 4 is 15.9 Å². The van der Waals surface area contributed by atoms with Crippen molar-refractivity contribution in [3.63, 3.8) is 0 Å². The maximum atomic E-state index is 11.7. The normalized spacial score (nSPS) is 13.6. The van der Waals surface area contributed by atoms with Crippen molar-refractivity contribution < 1.29 is 13.2 Å². The van der Waals surface area contributed by atoms with Crippen LogP contribution in [0.25, 0.3) is 0 Å². The number of hydrogen-bond acceptors (Lipinski definition) is 4. The van der Waals surface area contributed by atoms with Crippen LogP contribution in [0.15, 0.2) is 11.2 Å². The molecule has 0 radical (unpaired) electrons. The van der Waals surface area contributed by atoms with Crippen LogP contribution in [0.4, 0.5) is 0 Å². The van der Waals surface area contributed by atoms with Gasteiger partial charge in [-0.1, -0.05) is 0 Å². The number of aromatic nitrogens is 2. The monoisotopic (exact) mass is 246 g/mol. The van der Waals surface area contributed by atoms with Crippen molar-refractivity contribution in [1.29, 1.82) is 0 Å². The van der Waals surface area contributed by atoms with Gasteiger partial charge in [0.2, 0.25) is 5.91 Å². The summed E-state index contributed by atoms with van der Waals surface area (Å²) in [4.78, 5) is 17.0. The number of primary amides is 1. The van der Waals surface area contributed by atoms with Gasteiger partial charge in [-0.05, 0) is 13.8 Å². The van der Waals surface area contributed by atoms with E-state index >= 15 is 0 Å². The lowest BCUT2D eigenvalue weighted by Crippen LogP contribution is -2.35. The summed E-state index contributed by atoms with van der Waals surface area (Å²) in [6.45, 7) is 3.21. The molecule has 1 atom stereocenters. The molecule has 1 rings (SSSR count). The predicted octanol–water partition coefficient (Wildman–Crippen LogP) is -0.740. The fourth-order valence-electron chi connectivity index (χ4n) is 1.21. The zero-order valence-electron chi connectivity index (χ0n) is 9.02. The van der Waals surface area contributed by atoms with Crippen LogP contribution in [0.5, 0.6) is 0 Å². The van der Waals surface area contributed by atoms with Crippen molar-refractivity contribution in [3.8, 4) is 0 Å². The first-order chi connectivity index (χ1) is 7.31. The minimum atomic E-state index is -3.66. The number of nitrogens with zero attached hydrogens (tertiary/aromatic N) is 1. The maximum Gasteiger partial charge on any atom is 0.257 e. The molecule has 0 aliphatic heterocycles. The Morgan fingerprint density at radius 2 is 2.31 bits per heavy atom. The van der Waals surface area contributed by atoms with E-state index in [4.69, 9.17) is 5.73 Å². The van der Waals surface area contributed by atoms with Gasteiger partial charge in [0.1, 0.15) is 5.82 Å². The largest absolute Gasteiger partial charge is 0.370 e. The highest BCUT2D eigenvalue weighted by Gasteiger charge is 2.20. The van der Waals surface area contributed by atoms with Gasteiger partial charge in [-0.25, -0.2) is 18.1 Å². The number of aryl methyl sites for hydroxylation is 1. The number of carbonyl (C=O) groups excluding carboxylic acids is 1. The third-order valence-corrected chi connectivity index (χ3v) is 3.33. The number of H-pyrrole nitrogens is 1. The first-order valence-corrected chi connectivity index (χ1v) is 6.12. The van der Waals surface area contributed by atoms with Gasteiger partial charge < -0.3 is 10.7 Å². The molecule has 0 saturated heterocycles. The number of aromatic amines is 1. The summed E-state index contributed by atoms with van der Waals surface area (Å²) in [5, 5.41) is -0.0266. The molecular weight excluding hydrogens is 232 g/mol. The number of hydrogen-bond donors (Lipinski definition) is 3. The highest BCUT2D eigenvalue weighted by molar-refractivity contribution is 7.89. The second-order valence-electron chi connectivity index (χ2n) is 3.53. The van der Waals surface area contributed by atoms with E-state index < -0.39 is 22.0 Å². The zero-order chi connectivity index (χ0) is 12.3. The van der Waals surface area contributed by atoms with E-state index in [-0.39, 0.29) is 11.4 Å². The lowest BCUT2D eigenvalue weighted by molar-refractivity contribution is -0.118. The molecule has 0 aliphatic rings. The summed E-state index contributed by atoms with van der Waals surface area (Å²) < 4.78 is 25.7. The summed E-state index contributed by atoms with van der Waals surface area (Å²) in [6, 6.07) is -0.550. The van der Waals surface area contributed by atoms with Gasteiger partial charge in [0.25, 0.3) is 10.0 Å². The molecule has 16 heavy (non-hydrogen) atoms. The van der Waals surface area contributed by atoms with Gasteiger partial charge in [-0.2, -0.15) is 0 Å². The van der Waals surface area contributed by atoms with E-state index in [0.29, 0.717) is 5.82 Å². The van der Waals surface area contributed by atoms with Crippen LogP contribution in [0.1, 0.15) is 19.2 Å². The predicted molar refractivity (Wildman–Crippen MR) is 56.9 cm³/mol. The number of amides is 1. The summed E-state index contributed by atoms with van der Waals surface area (Å²) in [5.41, 5.74) is 4.96. The minimum Gasteiger partial charge on any atom is -0.370 e. The Morgan fingerprint density at radius 1 is 1.69 bits per heavy atom. The number of sulfonamides is 1. The molecule has 4 N–H and O–H groups in total. The molecule has 90 valence electrons. The van der Waals surface area contributed by atoms with Crippen molar-refractivity contribution in [3.05, 3.63) is 12.0 Å². The molecule has 7 nitrogen and oxygen atoms in total. The van der Waals surface area contributed by atoms with Crippen molar-refractivity contribution in [1.82, 2.24) is 14.7 Å². The molecule has 0 aromatic carbocycles. The molecular formula is C8H14N4O3S. The average Bonchev–Trinajstić information content (AvgIpc) is 2.49. The number of nitrogens with two attached hydrogens (primary N) is 1. The summed E-state index contributed by atoms with van der Waals surface area (Å²) in [7, 11) is -3.66. The maximum absolute atomic E-state index is 11.7. The van der Waals surface area contributed by atoms with Gasteiger partial charge in [0.05, 0.1) is 6.20 Å². The highest BCUT2D eigenvalue weighted by atomic mass is 32.2. The number of imidazole rings is 1. The Balaban J connectivity index is 2.76. The third kappa shape index (κ3) is 3.31. The first kappa shape index (κ1) is 12.7. The van der Waals surface area contributed by atoms with Crippen LogP contribution in [0.3, 0.4) is 0 Å². The fraction of sp³-hybridized carbons (Fsp3) is 0.500. The SMILES string of the molecule is Cc1ncc(S(=O)(=O)NC(C)CC(N)=O)[nH]1. The molecule has 1 heterocycles. The van der Waals surface area contributed by atoms with E-state index in [1.165, 1.54) is 6.20 Å². The first-order valence-electron chi connectivity index (χ1n) is 4.63. The Kier molecular flexibility index (Phi) is 3.66. The zero-order valence-corrected chi connectivity index (χ0v) is 9.84. The topological polar surface area (TPSA) is 118 Å². The second kappa shape index (κ2) is 4.62. The van der Waals surface area contributed by atoms with Crippen LogP contribution in [0, 0.1) is 6.92 Å². The van der Waals surface area contributed by atoms with Crippen molar-refractivity contribution in [2.75, 3.05) is 0 Å². The molecule has 0 saturated carbocycles. The van der Waals surface area contributed by atoms with Crippen molar-refractivity contribution in [2.45, 2.75) is 31.3 Å². The van der Waals surface area contributed by atoms with E-state index in [0.717, 1.165) is 0 Å². The Bertz CT molecular complexity index is 479. The van der Waals surface area contributed by atoms with Gasteiger partial charge >= 0.3 is 0 Å². The van der Waals surface area contributed by atoms with Crippen LogP contribution < -0.4 is 10.5 Å². The average molecular weight is 246 g/mol. The highest BCUT2D eigenvalue weighted by Crippen LogP contribution is 2.06. The summed E-state index contributed by atoms with van der Waals surface area (Å²) in [6.07, 6.45) is 1.17. The molecule has 0 aliphatic carbocycles. The van der Waals surface area contributed by atoms with E-state index in [2.05, 4.69) is 14.7 Å². The number of carbonyl (C=O) groups is 1. The van der Waals surface area contributed by atoms with Gasteiger partial charge in [0, 0.05) is 12.5 Å². The molecule has 0 spiro atoms. The molecule has 1 aromatic heterocycles. The number of rotatable bonds is 5. The van der Waals surface area contributed by atoms with Crippen LogP contribution >= 0.6 is 0 Å². The van der Waals surface area contributed by atoms with E-state index in [1.54, 1.807) is 13.8 Å². The molecule has 1 unspecified atom stereocenters. The minimum absolute atomic E-state index is 0.0266. The Morgan fingerprint density at radius 3 is 2.75 bits per heavy atom. The van der Waals surface area contributed by atoms with Crippen LogP contribution in [-0.2, 0) is 14.8 Å². The molecule has 1 amide bonds. The van der Waals surface area contributed by atoms with Gasteiger partial charge in [-0.3, -0.25) is 4.79 Å². The molecule has 8 heteroatoms. The summed E-state index contributed by atoms with van der Waals surface area (Å²) in [5.74, 6) is -0.0566. The smallest absolute Gasteiger partial charge is 0.257 e. The van der Waals surface area contributed by atoms with Crippen LogP contribution in [-0.4, -0.2) is 30.3 Å². The van der Waals surface area contributed by atoms with Gasteiger partial charge in [0.15, 0.2) is 5.03 Å². The lowest BCUT2D eigenvalue weighted by atomic mass is 10.2. The van der Waals surface area contributed by atoms with Crippen molar-refractivity contribution in [2.24, 2.45) is 5.73 Å². The second-order valence-corrected chi connectivity index (χ2v) is 5.21. The molecule has 0 fully saturated rings. The quantitative estimate of drug-likeness (QED) is 0.634. The lowest BCUT2D eigenvalue weighted by Gasteiger charge is -2.10. The van der Waals surface area contributed by atoms with Crippen LogP contribution in [0.2, 0.25) is 0 Å². The Hall–Kier alpha value is -1.41. The summed E-state index contributed by atoms with van der Waals surface area (Å²) >= 11 is 0. The molecule has 0 bridgehead atoms. The molecule has 1 aromatic rings. The fourth-order valence-corrected chi connectivity index (χ4v) is 2.42. The Labute approximate surface area is 93.5 Å². The third-order valence-electron chi connectivity index (χ3n) is 1.83. The van der Waals surface area contributed by atoms with E-state index in [9.17, 15) is 13.2 Å². The van der Waals surface area contributed by atoms with Gasteiger partial charge in [-0.15, -0.1) is 0 Å². The standard InChI is InChI=1S/C8H14N4O3S/c1-5(3-7(9)13)12-16(14,15)8-4-10-6(2)11-8/h4-5,12H,3H2,1-2H3,(H2,9,13)(H,10,11). The number of nitrogens with one attached hydrogen (secondary N) is 2. The van der Waals surface area contributed by atoms with E-state index in [1.807, 2.05) is 0 Å².